The molecule has 0 unspecified atom stereocenters. The van der Waals surface area contributed by atoms with Crippen molar-refractivity contribution in [1.82, 2.24) is 5.32 Å². The predicted octanol–water partition coefficient (Wildman–Crippen LogP) is 1.83. The van der Waals surface area contributed by atoms with E-state index in [-0.39, 0.29) is 0 Å². The summed E-state index contributed by atoms with van der Waals surface area (Å²) in [4.78, 5) is 11.7. The molecule has 1 rings (SSSR count). The van der Waals surface area contributed by atoms with Gasteiger partial charge in [-0.2, -0.15) is 0 Å². The predicted molar refractivity (Wildman–Crippen MR) is 58.4 cm³/mol. The molecule has 0 saturated carbocycles. The standard InChI is InChI=1S/C8H9BrF2N2OS/c9-5-1-6(15-2-5)7(14)13-4-8(10,11)3-12/h1-2H,3-4,12H2,(H,13,14). The van der Waals surface area contributed by atoms with E-state index < -0.39 is 24.9 Å². The van der Waals surface area contributed by atoms with Crippen LogP contribution in [0.1, 0.15) is 9.67 Å². The van der Waals surface area contributed by atoms with Gasteiger partial charge in [-0.25, -0.2) is 8.78 Å². The van der Waals surface area contributed by atoms with E-state index in [0.29, 0.717) is 4.88 Å². The molecule has 0 saturated heterocycles. The maximum absolute atomic E-state index is 12.7. The number of amides is 1. The van der Waals surface area contributed by atoms with Crippen molar-refractivity contribution in [3.8, 4) is 0 Å². The van der Waals surface area contributed by atoms with Crippen molar-refractivity contribution in [2.45, 2.75) is 5.92 Å². The second kappa shape index (κ2) is 5.00. The van der Waals surface area contributed by atoms with Crippen LogP contribution in [0.25, 0.3) is 0 Å². The molecule has 1 aromatic rings. The van der Waals surface area contributed by atoms with Gasteiger partial charge in [0.1, 0.15) is 0 Å². The van der Waals surface area contributed by atoms with Crippen LogP contribution in [0.4, 0.5) is 8.78 Å². The molecule has 0 fully saturated rings. The molecule has 0 aliphatic rings. The summed E-state index contributed by atoms with van der Waals surface area (Å²) in [6.07, 6.45) is 0. The van der Waals surface area contributed by atoms with E-state index in [1.54, 1.807) is 11.4 Å². The zero-order valence-electron chi connectivity index (χ0n) is 7.60. The van der Waals surface area contributed by atoms with Crippen LogP contribution in [0.5, 0.6) is 0 Å². The minimum atomic E-state index is -3.05. The molecule has 84 valence electrons. The number of halogens is 3. The van der Waals surface area contributed by atoms with E-state index in [1.165, 1.54) is 11.3 Å². The first-order valence-corrected chi connectivity index (χ1v) is 5.72. The van der Waals surface area contributed by atoms with Gasteiger partial charge in [-0.05, 0) is 22.0 Å². The molecular weight excluding hydrogens is 290 g/mol. The summed E-state index contributed by atoms with van der Waals surface area (Å²) in [5.74, 6) is -3.57. The Morgan fingerprint density at radius 2 is 2.33 bits per heavy atom. The Balaban J connectivity index is 2.50. The van der Waals surface area contributed by atoms with Crippen LogP contribution in [-0.2, 0) is 0 Å². The van der Waals surface area contributed by atoms with Crippen molar-refractivity contribution in [3.05, 3.63) is 20.8 Å². The second-order valence-electron chi connectivity index (χ2n) is 2.87. The van der Waals surface area contributed by atoms with Gasteiger partial charge in [0.2, 0.25) is 0 Å². The van der Waals surface area contributed by atoms with Crippen molar-refractivity contribution in [3.63, 3.8) is 0 Å². The fourth-order valence-corrected chi connectivity index (χ4v) is 2.14. The third-order valence-electron chi connectivity index (χ3n) is 1.60. The SMILES string of the molecule is NCC(F)(F)CNC(=O)c1cc(Br)cs1. The summed E-state index contributed by atoms with van der Waals surface area (Å²) in [7, 11) is 0. The first-order chi connectivity index (χ1) is 6.94. The fraction of sp³-hybridized carbons (Fsp3) is 0.375. The van der Waals surface area contributed by atoms with Gasteiger partial charge >= 0.3 is 0 Å². The van der Waals surface area contributed by atoms with Crippen LogP contribution in [0, 0.1) is 0 Å². The third kappa shape index (κ3) is 3.84. The molecule has 1 amide bonds. The molecule has 0 aliphatic heterocycles. The lowest BCUT2D eigenvalue weighted by Crippen LogP contribution is -2.41. The first kappa shape index (κ1) is 12.5. The summed E-state index contributed by atoms with van der Waals surface area (Å²) in [6.45, 7) is -1.51. The van der Waals surface area contributed by atoms with E-state index in [4.69, 9.17) is 5.73 Å². The van der Waals surface area contributed by atoms with Gasteiger partial charge in [0.25, 0.3) is 11.8 Å². The Morgan fingerprint density at radius 3 is 2.80 bits per heavy atom. The van der Waals surface area contributed by atoms with Crippen LogP contribution < -0.4 is 11.1 Å². The number of carbonyl (C=O) groups is 1. The summed E-state index contributed by atoms with van der Waals surface area (Å²) >= 11 is 4.35. The minimum absolute atomic E-state index is 0.384. The molecule has 3 nitrogen and oxygen atoms in total. The molecule has 0 radical (unpaired) electrons. The molecule has 3 N–H and O–H groups in total. The maximum atomic E-state index is 12.7. The lowest BCUT2D eigenvalue weighted by atomic mass is 10.3. The van der Waals surface area contributed by atoms with E-state index in [2.05, 4.69) is 21.2 Å². The number of hydrogen-bond acceptors (Lipinski definition) is 3. The summed E-state index contributed by atoms with van der Waals surface area (Å²) in [5, 5.41) is 3.83. The highest BCUT2D eigenvalue weighted by Crippen LogP contribution is 2.19. The quantitative estimate of drug-likeness (QED) is 0.891. The van der Waals surface area contributed by atoms with Gasteiger partial charge in [-0.1, -0.05) is 0 Å². The molecule has 0 aromatic carbocycles. The molecule has 0 atom stereocenters. The lowest BCUT2D eigenvalue weighted by Gasteiger charge is -2.13. The highest BCUT2D eigenvalue weighted by Gasteiger charge is 2.27. The number of nitrogens with one attached hydrogen (secondary N) is 1. The van der Waals surface area contributed by atoms with Crippen molar-refractivity contribution >= 4 is 33.2 Å². The minimum Gasteiger partial charge on any atom is -0.345 e. The highest BCUT2D eigenvalue weighted by molar-refractivity contribution is 9.10. The summed E-state index contributed by atoms with van der Waals surface area (Å²) in [6, 6.07) is 1.57. The highest BCUT2D eigenvalue weighted by atomic mass is 79.9. The largest absolute Gasteiger partial charge is 0.345 e. The van der Waals surface area contributed by atoms with E-state index in [9.17, 15) is 13.6 Å². The van der Waals surface area contributed by atoms with Gasteiger partial charge in [0, 0.05) is 9.85 Å². The van der Waals surface area contributed by atoms with Crippen LogP contribution >= 0.6 is 27.3 Å². The van der Waals surface area contributed by atoms with Crippen molar-refractivity contribution in [2.24, 2.45) is 5.73 Å². The second-order valence-corrected chi connectivity index (χ2v) is 4.70. The van der Waals surface area contributed by atoms with Gasteiger partial charge < -0.3 is 11.1 Å². The van der Waals surface area contributed by atoms with Crippen LogP contribution in [-0.4, -0.2) is 24.9 Å². The van der Waals surface area contributed by atoms with Crippen molar-refractivity contribution in [2.75, 3.05) is 13.1 Å². The fourth-order valence-electron chi connectivity index (χ4n) is 0.801. The van der Waals surface area contributed by atoms with E-state index in [1.807, 2.05) is 0 Å². The van der Waals surface area contributed by atoms with Crippen molar-refractivity contribution in [1.29, 1.82) is 0 Å². The number of alkyl halides is 2. The summed E-state index contributed by atoms with van der Waals surface area (Å²) < 4.78 is 26.1. The molecule has 1 aromatic heterocycles. The van der Waals surface area contributed by atoms with Crippen molar-refractivity contribution < 1.29 is 13.6 Å². The Hall–Kier alpha value is -0.530. The van der Waals surface area contributed by atoms with Crippen LogP contribution in [0.15, 0.2) is 15.9 Å². The van der Waals surface area contributed by atoms with Gasteiger partial charge in [-0.3, -0.25) is 4.79 Å². The lowest BCUT2D eigenvalue weighted by molar-refractivity contribution is 0.0119. The zero-order chi connectivity index (χ0) is 11.5. The van der Waals surface area contributed by atoms with Gasteiger partial charge in [0.15, 0.2) is 0 Å². The molecule has 1 heterocycles. The van der Waals surface area contributed by atoms with Crippen LogP contribution in [0.2, 0.25) is 0 Å². The molecule has 15 heavy (non-hydrogen) atoms. The Bertz CT molecular complexity index is 356. The van der Waals surface area contributed by atoms with Gasteiger partial charge in [0.05, 0.1) is 18.0 Å². The zero-order valence-corrected chi connectivity index (χ0v) is 10.00. The first-order valence-electron chi connectivity index (χ1n) is 4.05. The molecular formula is C8H9BrF2N2OS. The number of nitrogens with two attached hydrogens (primary N) is 1. The summed E-state index contributed by atoms with van der Waals surface area (Å²) in [5.41, 5.74) is 4.83. The normalized spacial score (nSPS) is 11.5. The third-order valence-corrected chi connectivity index (χ3v) is 3.29. The molecule has 0 aliphatic carbocycles. The molecule has 0 bridgehead atoms. The van der Waals surface area contributed by atoms with Gasteiger partial charge in [-0.15, -0.1) is 11.3 Å². The number of thiophene rings is 1. The maximum Gasteiger partial charge on any atom is 0.277 e. The van der Waals surface area contributed by atoms with E-state index >= 15 is 0 Å². The van der Waals surface area contributed by atoms with Crippen LogP contribution in [0.3, 0.4) is 0 Å². The number of carbonyl (C=O) groups excluding carboxylic acids is 1. The molecule has 7 heteroatoms. The van der Waals surface area contributed by atoms with E-state index in [0.717, 1.165) is 4.47 Å². The topological polar surface area (TPSA) is 55.1 Å². The smallest absolute Gasteiger partial charge is 0.277 e. The Kier molecular flexibility index (Phi) is 4.18. The number of rotatable bonds is 4. The molecule has 0 spiro atoms. The number of hydrogen-bond donors (Lipinski definition) is 2. The monoisotopic (exact) mass is 298 g/mol. The average Bonchev–Trinajstić information content (AvgIpc) is 2.61. The average molecular weight is 299 g/mol. The Morgan fingerprint density at radius 1 is 1.67 bits per heavy atom. The Labute approximate surface area is 97.8 Å².